The van der Waals surface area contributed by atoms with Gasteiger partial charge >= 0.3 is 0 Å². The molecule has 0 aliphatic heterocycles. The van der Waals surface area contributed by atoms with Crippen LogP contribution in [-0.2, 0) is 4.79 Å². The van der Waals surface area contributed by atoms with Crippen molar-refractivity contribution in [2.75, 3.05) is 6.54 Å². The molecule has 0 aromatic heterocycles. The van der Waals surface area contributed by atoms with Gasteiger partial charge in [-0.05, 0) is 18.3 Å². The number of nitrogens with one attached hydrogen (secondary N) is 1. The number of amides is 1. The first-order valence-corrected chi connectivity index (χ1v) is 6.96. The summed E-state index contributed by atoms with van der Waals surface area (Å²) in [5.74, 6) is -0.00424. The molecule has 0 spiro atoms. The van der Waals surface area contributed by atoms with Gasteiger partial charge in [0.1, 0.15) is 0 Å². The first kappa shape index (κ1) is 16.4. The van der Waals surface area contributed by atoms with E-state index in [9.17, 15) is 4.79 Å². The van der Waals surface area contributed by atoms with Gasteiger partial charge in [0, 0.05) is 6.54 Å². The molecule has 17 heavy (non-hydrogen) atoms. The van der Waals surface area contributed by atoms with Gasteiger partial charge in [0.2, 0.25) is 5.91 Å². The van der Waals surface area contributed by atoms with Crippen LogP contribution >= 0.6 is 0 Å². The van der Waals surface area contributed by atoms with Crippen LogP contribution in [0.1, 0.15) is 66.2 Å². The van der Waals surface area contributed by atoms with Gasteiger partial charge in [0.05, 0.1) is 6.04 Å². The van der Waals surface area contributed by atoms with Gasteiger partial charge in [-0.1, -0.05) is 53.4 Å². The highest BCUT2D eigenvalue weighted by Crippen LogP contribution is 2.22. The summed E-state index contributed by atoms with van der Waals surface area (Å²) in [6.07, 6.45) is 6.62. The molecule has 0 radical (unpaired) electrons. The van der Waals surface area contributed by atoms with E-state index in [0.717, 1.165) is 25.8 Å². The van der Waals surface area contributed by atoms with E-state index in [0.29, 0.717) is 0 Å². The second kappa shape index (κ2) is 8.51. The average Bonchev–Trinajstić information content (AvgIpc) is 2.26. The molecule has 1 amide bonds. The molecule has 0 aliphatic carbocycles. The van der Waals surface area contributed by atoms with Crippen molar-refractivity contribution in [3.63, 3.8) is 0 Å². The molecule has 0 bridgehead atoms. The molecule has 3 nitrogen and oxygen atoms in total. The zero-order chi connectivity index (χ0) is 13.3. The monoisotopic (exact) mass is 242 g/mol. The summed E-state index contributed by atoms with van der Waals surface area (Å²) in [4.78, 5) is 11.7. The normalized spacial score (nSPS) is 13.5. The van der Waals surface area contributed by atoms with Crippen molar-refractivity contribution < 1.29 is 4.79 Å². The van der Waals surface area contributed by atoms with Gasteiger partial charge in [-0.3, -0.25) is 4.79 Å². The minimum atomic E-state index is -0.341. The second-order valence-electron chi connectivity index (χ2n) is 5.73. The molecule has 0 aromatic rings. The molecule has 1 atom stereocenters. The number of nitrogens with two attached hydrogens (primary N) is 1. The van der Waals surface area contributed by atoms with Crippen molar-refractivity contribution >= 4 is 5.91 Å². The highest BCUT2D eigenvalue weighted by molar-refractivity contribution is 5.81. The number of unbranched alkanes of at least 4 members (excludes halogenated alkanes) is 2. The Morgan fingerprint density at radius 3 is 2.41 bits per heavy atom. The van der Waals surface area contributed by atoms with Gasteiger partial charge in [-0.15, -0.1) is 0 Å². The highest BCUT2D eigenvalue weighted by Gasteiger charge is 2.20. The maximum absolute atomic E-state index is 11.7. The van der Waals surface area contributed by atoms with Crippen LogP contribution in [0.4, 0.5) is 0 Å². The van der Waals surface area contributed by atoms with Crippen LogP contribution < -0.4 is 11.1 Å². The van der Waals surface area contributed by atoms with E-state index < -0.39 is 0 Å². The Labute approximate surface area is 107 Å². The van der Waals surface area contributed by atoms with E-state index in [1.165, 1.54) is 19.3 Å². The molecule has 3 heteroatoms. The minimum absolute atomic E-state index is 0.00424. The third-order valence-electron chi connectivity index (χ3n) is 3.13. The quantitative estimate of drug-likeness (QED) is 0.611. The van der Waals surface area contributed by atoms with Crippen molar-refractivity contribution in [3.05, 3.63) is 0 Å². The Morgan fingerprint density at radius 2 is 1.88 bits per heavy atom. The first-order valence-electron chi connectivity index (χ1n) is 6.96. The molecule has 3 N–H and O–H groups in total. The molecule has 0 saturated heterocycles. The number of carbonyl (C=O) groups excluding carboxylic acids is 1. The Balaban J connectivity index is 3.87. The summed E-state index contributed by atoms with van der Waals surface area (Å²) >= 11 is 0. The van der Waals surface area contributed by atoms with Crippen LogP contribution in [0, 0.1) is 5.41 Å². The molecule has 0 rings (SSSR count). The minimum Gasteiger partial charge on any atom is -0.354 e. The van der Waals surface area contributed by atoms with Crippen molar-refractivity contribution in [1.82, 2.24) is 5.32 Å². The van der Waals surface area contributed by atoms with Crippen molar-refractivity contribution in [3.8, 4) is 0 Å². The lowest BCUT2D eigenvalue weighted by atomic mass is 9.87. The number of carbonyl (C=O) groups is 1. The molecule has 102 valence electrons. The standard InChI is InChI=1S/C14H30N2O/c1-5-7-8-10-14(3,4)11-16-13(17)12(15)9-6-2/h12H,5-11,15H2,1-4H3,(H,16,17). The number of hydrogen-bond acceptors (Lipinski definition) is 2. The summed E-state index contributed by atoms with van der Waals surface area (Å²) in [5.41, 5.74) is 5.94. The Bertz CT molecular complexity index is 214. The summed E-state index contributed by atoms with van der Waals surface area (Å²) in [7, 11) is 0. The Kier molecular flexibility index (Phi) is 8.23. The van der Waals surface area contributed by atoms with Crippen LogP contribution in [-0.4, -0.2) is 18.5 Å². The van der Waals surface area contributed by atoms with E-state index in [4.69, 9.17) is 5.73 Å². The van der Waals surface area contributed by atoms with Crippen molar-refractivity contribution in [2.24, 2.45) is 11.1 Å². The van der Waals surface area contributed by atoms with Crippen LogP contribution in [0.2, 0.25) is 0 Å². The SMILES string of the molecule is CCCCCC(C)(C)CNC(=O)C(N)CCC. The van der Waals surface area contributed by atoms with Gasteiger partial charge in [-0.25, -0.2) is 0 Å². The summed E-state index contributed by atoms with van der Waals surface area (Å²) in [6.45, 7) is 9.38. The zero-order valence-corrected chi connectivity index (χ0v) is 12.0. The molecule has 0 saturated carbocycles. The molecule has 0 heterocycles. The first-order chi connectivity index (χ1) is 7.93. The second-order valence-corrected chi connectivity index (χ2v) is 5.73. The average molecular weight is 242 g/mol. The van der Waals surface area contributed by atoms with Crippen LogP contribution in [0.25, 0.3) is 0 Å². The maximum Gasteiger partial charge on any atom is 0.236 e. The number of rotatable bonds is 9. The third kappa shape index (κ3) is 8.19. The fourth-order valence-electron chi connectivity index (χ4n) is 1.84. The van der Waals surface area contributed by atoms with Crippen LogP contribution in [0.5, 0.6) is 0 Å². The van der Waals surface area contributed by atoms with Gasteiger partial charge in [0.25, 0.3) is 0 Å². The zero-order valence-electron chi connectivity index (χ0n) is 12.0. The van der Waals surface area contributed by atoms with E-state index in [2.05, 4.69) is 26.1 Å². The van der Waals surface area contributed by atoms with Crippen LogP contribution in [0.3, 0.4) is 0 Å². The lowest BCUT2D eigenvalue weighted by Gasteiger charge is -2.25. The molecule has 1 unspecified atom stereocenters. The molecule has 0 aromatic carbocycles. The molecular weight excluding hydrogens is 212 g/mol. The lowest BCUT2D eigenvalue weighted by Crippen LogP contribution is -2.44. The van der Waals surface area contributed by atoms with E-state index in [1.807, 2.05) is 6.92 Å². The van der Waals surface area contributed by atoms with Crippen molar-refractivity contribution in [1.29, 1.82) is 0 Å². The number of hydrogen-bond donors (Lipinski definition) is 2. The largest absolute Gasteiger partial charge is 0.354 e. The van der Waals surface area contributed by atoms with Gasteiger partial charge < -0.3 is 11.1 Å². The summed E-state index contributed by atoms with van der Waals surface area (Å²) in [5, 5.41) is 2.97. The third-order valence-corrected chi connectivity index (χ3v) is 3.13. The Morgan fingerprint density at radius 1 is 1.24 bits per heavy atom. The predicted molar refractivity (Wildman–Crippen MR) is 73.8 cm³/mol. The van der Waals surface area contributed by atoms with E-state index in [1.54, 1.807) is 0 Å². The molecule has 0 aliphatic rings. The lowest BCUT2D eigenvalue weighted by molar-refractivity contribution is -0.123. The fraction of sp³-hybridized carbons (Fsp3) is 0.929. The highest BCUT2D eigenvalue weighted by atomic mass is 16.2. The van der Waals surface area contributed by atoms with Crippen LogP contribution in [0.15, 0.2) is 0 Å². The molecular formula is C14H30N2O. The summed E-state index contributed by atoms with van der Waals surface area (Å²) in [6, 6.07) is -0.341. The van der Waals surface area contributed by atoms with Crippen molar-refractivity contribution in [2.45, 2.75) is 72.3 Å². The van der Waals surface area contributed by atoms with E-state index >= 15 is 0 Å². The molecule has 0 fully saturated rings. The van der Waals surface area contributed by atoms with E-state index in [-0.39, 0.29) is 17.4 Å². The topological polar surface area (TPSA) is 55.1 Å². The Hall–Kier alpha value is -0.570. The smallest absolute Gasteiger partial charge is 0.236 e. The van der Waals surface area contributed by atoms with Gasteiger partial charge in [0.15, 0.2) is 0 Å². The fourth-order valence-corrected chi connectivity index (χ4v) is 1.84. The maximum atomic E-state index is 11.7. The van der Waals surface area contributed by atoms with Gasteiger partial charge in [-0.2, -0.15) is 0 Å². The predicted octanol–water partition coefficient (Wildman–Crippen LogP) is 2.84. The summed E-state index contributed by atoms with van der Waals surface area (Å²) < 4.78 is 0.